The molecule has 0 saturated heterocycles. The molecule has 1 heterocycles. The molecule has 24 heavy (non-hydrogen) atoms. The monoisotopic (exact) mass is 330 g/mol. The highest BCUT2D eigenvalue weighted by Gasteiger charge is 2.73. The summed E-state index contributed by atoms with van der Waals surface area (Å²) in [6.07, 6.45) is 4.75. The third-order valence-electron chi connectivity index (χ3n) is 7.57. The fourth-order valence-corrected chi connectivity index (χ4v) is 6.61. The maximum Gasteiger partial charge on any atom is 0.166 e. The normalized spacial score (nSPS) is 44.7. The summed E-state index contributed by atoms with van der Waals surface area (Å²) in [6.45, 7) is 2.29. The van der Waals surface area contributed by atoms with Crippen molar-refractivity contribution >= 4 is 0 Å². The van der Waals surface area contributed by atoms with Crippen LogP contribution < -0.4 is 9.47 Å². The summed E-state index contributed by atoms with van der Waals surface area (Å²) in [4.78, 5) is 0. The Bertz CT molecular complexity index is 701. The zero-order valence-corrected chi connectivity index (χ0v) is 14.7. The van der Waals surface area contributed by atoms with E-state index in [0.717, 1.165) is 43.6 Å². The van der Waals surface area contributed by atoms with Crippen molar-refractivity contribution in [1.29, 1.82) is 0 Å². The van der Waals surface area contributed by atoms with Crippen LogP contribution in [0.5, 0.6) is 11.5 Å². The number of hydrogen-bond acceptors (Lipinski definition) is 4. The standard InChI is InChI=1S/C20H26O4/c1-11-4-6-13-10-12-5-7-14(22-2)17-16(12)20(11)18(24-17)15(23-3)8-9-19(13,20)21/h5,7,11,13,15,18,21H,4,6,8-10H2,1-3H3/t11-,13+,15?,18?,19?,20-/m0/s1. The second-order valence-electron chi connectivity index (χ2n) is 8.16. The first kappa shape index (κ1) is 15.0. The number of ether oxygens (including phenoxy) is 3. The van der Waals surface area contributed by atoms with Crippen molar-refractivity contribution in [3.63, 3.8) is 0 Å². The Labute approximate surface area is 143 Å². The molecule has 0 amide bonds. The highest BCUT2D eigenvalue weighted by atomic mass is 16.6. The lowest BCUT2D eigenvalue weighted by molar-refractivity contribution is -0.216. The van der Waals surface area contributed by atoms with Gasteiger partial charge >= 0.3 is 0 Å². The van der Waals surface area contributed by atoms with Crippen LogP contribution in [-0.4, -0.2) is 37.1 Å². The van der Waals surface area contributed by atoms with E-state index in [-0.39, 0.29) is 17.6 Å². The van der Waals surface area contributed by atoms with Gasteiger partial charge in [-0.3, -0.25) is 0 Å². The molecule has 0 aromatic heterocycles. The van der Waals surface area contributed by atoms with Crippen LogP contribution in [0.1, 0.15) is 43.7 Å². The van der Waals surface area contributed by atoms with Gasteiger partial charge in [-0.1, -0.05) is 13.0 Å². The van der Waals surface area contributed by atoms with Crippen LogP contribution in [0.15, 0.2) is 12.1 Å². The first-order valence-electron chi connectivity index (χ1n) is 9.20. The van der Waals surface area contributed by atoms with Crippen molar-refractivity contribution in [3.05, 3.63) is 23.3 Å². The van der Waals surface area contributed by atoms with Crippen LogP contribution in [0.2, 0.25) is 0 Å². The summed E-state index contributed by atoms with van der Waals surface area (Å²) in [6, 6.07) is 4.21. The number of benzene rings is 1. The molecule has 1 spiro atoms. The molecule has 0 radical (unpaired) electrons. The lowest BCUT2D eigenvalue weighted by Crippen LogP contribution is -2.73. The molecule has 6 atom stereocenters. The molecule has 3 unspecified atom stereocenters. The van der Waals surface area contributed by atoms with Gasteiger partial charge in [-0.15, -0.1) is 0 Å². The first-order valence-corrected chi connectivity index (χ1v) is 9.20. The molecule has 2 fully saturated rings. The van der Waals surface area contributed by atoms with E-state index >= 15 is 0 Å². The van der Waals surface area contributed by atoms with Gasteiger partial charge in [-0.05, 0) is 55.6 Å². The first-order chi connectivity index (χ1) is 11.6. The summed E-state index contributed by atoms with van der Waals surface area (Å²) in [7, 11) is 3.46. The van der Waals surface area contributed by atoms with Crippen LogP contribution in [0, 0.1) is 11.8 Å². The largest absolute Gasteiger partial charge is 0.493 e. The van der Waals surface area contributed by atoms with Crippen LogP contribution in [0.3, 0.4) is 0 Å². The van der Waals surface area contributed by atoms with Gasteiger partial charge in [-0.2, -0.15) is 0 Å². The minimum absolute atomic E-state index is 0.0227. The maximum atomic E-state index is 12.0. The van der Waals surface area contributed by atoms with Gasteiger partial charge in [0.2, 0.25) is 0 Å². The lowest BCUT2D eigenvalue weighted by atomic mass is 9.42. The molecule has 5 rings (SSSR count). The van der Waals surface area contributed by atoms with Gasteiger partial charge < -0.3 is 19.3 Å². The minimum Gasteiger partial charge on any atom is -0.493 e. The van der Waals surface area contributed by atoms with Gasteiger partial charge in [0, 0.05) is 12.7 Å². The quantitative estimate of drug-likeness (QED) is 0.906. The van der Waals surface area contributed by atoms with E-state index in [2.05, 4.69) is 13.0 Å². The lowest BCUT2D eigenvalue weighted by Gasteiger charge is -2.63. The number of aliphatic hydroxyl groups is 1. The summed E-state index contributed by atoms with van der Waals surface area (Å²) in [5, 5.41) is 12.0. The molecule has 1 aliphatic heterocycles. The summed E-state index contributed by atoms with van der Waals surface area (Å²) < 4.78 is 18.0. The van der Waals surface area contributed by atoms with Gasteiger partial charge in [0.1, 0.15) is 6.10 Å². The van der Waals surface area contributed by atoms with Crippen LogP contribution >= 0.6 is 0 Å². The predicted molar refractivity (Wildman–Crippen MR) is 89.7 cm³/mol. The minimum atomic E-state index is -0.686. The molecule has 4 nitrogen and oxygen atoms in total. The van der Waals surface area contributed by atoms with Gasteiger partial charge in [0.25, 0.3) is 0 Å². The highest BCUT2D eigenvalue weighted by Crippen LogP contribution is 2.69. The average molecular weight is 330 g/mol. The predicted octanol–water partition coefficient (Wildman–Crippen LogP) is 2.84. The molecule has 130 valence electrons. The average Bonchev–Trinajstić information content (AvgIpc) is 2.95. The Morgan fingerprint density at radius 1 is 1.21 bits per heavy atom. The second kappa shape index (κ2) is 4.67. The Balaban J connectivity index is 1.85. The molecule has 3 aliphatic carbocycles. The summed E-state index contributed by atoms with van der Waals surface area (Å²) in [5.74, 6) is 2.33. The Morgan fingerprint density at radius 2 is 2.04 bits per heavy atom. The third-order valence-corrected chi connectivity index (χ3v) is 7.57. The number of hydrogen-bond donors (Lipinski definition) is 1. The summed E-state index contributed by atoms with van der Waals surface area (Å²) in [5.41, 5.74) is 1.52. The zero-order valence-electron chi connectivity index (χ0n) is 14.7. The topological polar surface area (TPSA) is 47.9 Å². The smallest absolute Gasteiger partial charge is 0.166 e. The third kappa shape index (κ3) is 1.41. The number of rotatable bonds is 2. The van der Waals surface area contributed by atoms with Gasteiger partial charge in [0.05, 0.1) is 24.2 Å². The van der Waals surface area contributed by atoms with Crippen LogP contribution in [-0.2, 0) is 16.6 Å². The molecule has 1 aromatic rings. The fourth-order valence-electron chi connectivity index (χ4n) is 6.61. The number of methoxy groups -OCH3 is 2. The van der Waals surface area contributed by atoms with E-state index in [9.17, 15) is 5.11 Å². The molecule has 4 aliphatic rings. The molecule has 2 saturated carbocycles. The van der Waals surface area contributed by atoms with E-state index in [0.29, 0.717) is 11.8 Å². The van der Waals surface area contributed by atoms with E-state index in [1.807, 2.05) is 6.07 Å². The fraction of sp³-hybridized carbons (Fsp3) is 0.700. The Morgan fingerprint density at radius 3 is 2.79 bits per heavy atom. The van der Waals surface area contributed by atoms with Crippen LogP contribution in [0.4, 0.5) is 0 Å². The second-order valence-corrected chi connectivity index (χ2v) is 8.16. The molecular formula is C20H26O4. The van der Waals surface area contributed by atoms with E-state index < -0.39 is 5.60 Å². The van der Waals surface area contributed by atoms with Crippen molar-refractivity contribution in [1.82, 2.24) is 0 Å². The van der Waals surface area contributed by atoms with E-state index in [1.54, 1.807) is 14.2 Å². The molecule has 4 heteroatoms. The van der Waals surface area contributed by atoms with E-state index in [4.69, 9.17) is 14.2 Å². The van der Waals surface area contributed by atoms with Gasteiger partial charge in [0.15, 0.2) is 11.5 Å². The summed E-state index contributed by atoms with van der Waals surface area (Å²) >= 11 is 0. The van der Waals surface area contributed by atoms with E-state index in [1.165, 1.54) is 11.1 Å². The van der Waals surface area contributed by atoms with Crippen molar-refractivity contribution in [3.8, 4) is 11.5 Å². The van der Waals surface area contributed by atoms with Gasteiger partial charge in [-0.25, -0.2) is 0 Å². The molecule has 2 bridgehead atoms. The molecule has 1 N–H and O–H groups in total. The molecular weight excluding hydrogens is 304 g/mol. The molecule has 1 aromatic carbocycles. The Hall–Kier alpha value is -1.26. The Kier molecular flexibility index (Phi) is 2.93. The highest BCUT2D eigenvalue weighted by molar-refractivity contribution is 5.62. The zero-order chi connectivity index (χ0) is 16.7. The van der Waals surface area contributed by atoms with Crippen molar-refractivity contribution in [2.24, 2.45) is 11.8 Å². The maximum absolute atomic E-state index is 12.0. The van der Waals surface area contributed by atoms with Crippen LogP contribution in [0.25, 0.3) is 0 Å². The van der Waals surface area contributed by atoms with Crippen molar-refractivity contribution in [2.75, 3.05) is 14.2 Å². The van der Waals surface area contributed by atoms with Crippen molar-refractivity contribution < 1.29 is 19.3 Å². The SMILES string of the molecule is COc1ccc2c3c1OC1C(OC)CCC4(O)[C@H](CC[C@H](C)[C@]314)C2. The van der Waals surface area contributed by atoms with Crippen molar-refractivity contribution in [2.45, 2.75) is 62.3 Å².